The van der Waals surface area contributed by atoms with Gasteiger partial charge in [0.25, 0.3) is 5.91 Å². The third-order valence-electron chi connectivity index (χ3n) is 3.47. The summed E-state index contributed by atoms with van der Waals surface area (Å²) < 4.78 is 4.99. The van der Waals surface area contributed by atoms with Crippen molar-refractivity contribution in [3.63, 3.8) is 0 Å². The molecule has 0 atom stereocenters. The quantitative estimate of drug-likeness (QED) is 0.587. The van der Waals surface area contributed by atoms with E-state index in [-0.39, 0.29) is 17.9 Å². The van der Waals surface area contributed by atoms with Crippen molar-refractivity contribution in [2.45, 2.75) is 19.3 Å². The third kappa shape index (κ3) is 4.00. The van der Waals surface area contributed by atoms with Crippen LogP contribution in [0, 0.1) is 5.92 Å². The number of nitrogens with one attached hydrogen (secondary N) is 1. The van der Waals surface area contributed by atoms with Gasteiger partial charge in [-0.15, -0.1) is 0 Å². The molecular weight excluding hydrogens is 310 g/mol. The number of carbonyl (C=O) groups excluding carboxylic acids is 1. The second-order valence-corrected chi connectivity index (χ2v) is 5.33. The smallest absolute Gasteiger partial charge is 0.321 e. The topological polar surface area (TPSA) is 128 Å². The van der Waals surface area contributed by atoms with Crippen LogP contribution < -0.4 is 15.9 Å². The Morgan fingerprint density at radius 1 is 1.42 bits per heavy atom. The summed E-state index contributed by atoms with van der Waals surface area (Å²) in [4.78, 5) is 28.1. The molecule has 124 valence electrons. The number of anilines is 1. The molecule has 0 spiro atoms. The molecule has 2 aromatic rings. The number of nitrogens with zero attached hydrogens (tertiary/aromatic N) is 5. The lowest BCUT2D eigenvalue weighted by molar-refractivity contribution is 0.0954. The van der Waals surface area contributed by atoms with E-state index in [1.807, 2.05) is 0 Å². The number of methoxy groups -OCH3 is 1. The van der Waals surface area contributed by atoms with Crippen molar-refractivity contribution in [3.8, 4) is 6.01 Å². The molecule has 1 fully saturated rings. The fourth-order valence-corrected chi connectivity index (χ4v) is 2.12. The predicted molar refractivity (Wildman–Crippen MR) is 86.4 cm³/mol. The van der Waals surface area contributed by atoms with Crippen LogP contribution in [0.25, 0.3) is 0 Å². The van der Waals surface area contributed by atoms with Crippen LogP contribution in [-0.2, 0) is 6.42 Å². The SMILES string of the molecule is COc1nc(N)nc(C/C(=N/NC(=O)c2cccnc2)C2CC2)n1. The molecule has 3 rings (SSSR count). The summed E-state index contributed by atoms with van der Waals surface area (Å²) in [5, 5.41) is 4.25. The van der Waals surface area contributed by atoms with E-state index >= 15 is 0 Å². The summed E-state index contributed by atoms with van der Waals surface area (Å²) in [6, 6.07) is 3.53. The van der Waals surface area contributed by atoms with E-state index in [9.17, 15) is 4.79 Å². The number of pyridine rings is 1. The lowest BCUT2D eigenvalue weighted by Crippen LogP contribution is -2.22. The summed E-state index contributed by atoms with van der Waals surface area (Å²) in [5.41, 5.74) is 9.45. The highest BCUT2D eigenvalue weighted by Crippen LogP contribution is 2.31. The van der Waals surface area contributed by atoms with Crippen molar-refractivity contribution in [3.05, 3.63) is 35.9 Å². The zero-order chi connectivity index (χ0) is 16.9. The molecule has 0 unspecified atom stereocenters. The number of hydrazone groups is 1. The highest BCUT2D eigenvalue weighted by Gasteiger charge is 2.29. The predicted octanol–water partition coefficient (Wildman–Crippen LogP) is 0.596. The van der Waals surface area contributed by atoms with E-state index in [0.29, 0.717) is 23.7 Å². The lowest BCUT2D eigenvalue weighted by atomic mass is 10.2. The number of rotatable bonds is 6. The van der Waals surface area contributed by atoms with E-state index < -0.39 is 0 Å². The first-order valence-corrected chi connectivity index (χ1v) is 7.47. The van der Waals surface area contributed by atoms with E-state index in [0.717, 1.165) is 18.6 Å². The number of aromatic nitrogens is 4. The second-order valence-electron chi connectivity index (χ2n) is 5.33. The van der Waals surface area contributed by atoms with Gasteiger partial charge in [0.2, 0.25) is 5.95 Å². The van der Waals surface area contributed by atoms with Crippen molar-refractivity contribution in [2.75, 3.05) is 12.8 Å². The number of ether oxygens (including phenoxy) is 1. The summed E-state index contributed by atoms with van der Waals surface area (Å²) >= 11 is 0. The van der Waals surface area contributed by atoms with Gasteiger partial charge in [0.15, 0.2) is 0 Å². The van der Waals surface area contributed by atoms with Gasteiger partial charge in [-0.05, 0) is 30.9 Å². The van der Waals surface area contributed by atoms with Gasteiger partial charge in [-0.2, -0.15) is 20.1 Å². The standard InChI is InChI=1S/C15H17N7O2/c1-24-15-19-12(18-14(16)20-15)7-11(9-4-5-9)21-22-13(23)10-3-2-6-17-8-10/h2-3,6,8-9H,4-5,7H2,1H3,(H,22,23)(H2,16,18,19,20)/b21-11-. The highest BCUT2D eigenvalue weighted by molar-refractivity contribution is 5.96. The van der Waals surface area contributed by atoms with Crippen LogP contribution in [0.1, 0.15) is 29.0 Å². The zero-order valence-corrected chi connectivity index (χ0v) is 13.1. The summed E-state index contributed by atoms with van der Waals surface area (Å²) in [7, 11) is 1.46. The first-order valence-electron chi connectivity index (χ1n) is 7.47. The number of nitrogen functional groups attached to an aromatic ring is 1. The minimum absolute atomic E-state index is 0.0893. The average molecular weight is 327 g/mol. The van der Waals surface area contributed by atoms with E-state index in [2.05, 4.69) is 30.5 Å². The lowest BCUT2D eigenvalue weighted by Gasteiger charge is -2.07. The largest absolute Gasteiger partial charge is 0.467 e. The van der Waals surface area contributed by atoms with Crippen molar-refractivity contribution in [1.29, 1.82) is 0 Å². The molecule has 9 heteroatoms. The molecule has 1 aliphatic carbocycles. The third-order valence-corrected chi connectivity index (χ3v) is 3.47. The molecule has 2 heterocycles. The van der Waals surface area contributed by atoms with Crippen LogP contribution in [0.15, 0.2) is 29.6 Å². The van der Waals surface area contributed by atoms with Gasteiger partial charge in [-0.1, -0.05) is 0 Å². The first-order chi connectivity index (χ1) is 11.7. The van der Waals surface area contributed by atoms with Crippen LogP contribution in [0.4, 0.5) is 5.95 Å². The second kappa shape index (κ2) is 6.99. The van der Waals surface area contributed by atoms with Gasteiger partial charge in [0, 0.05) is 24.5 Å². The molecule has 0 aromatic carbocycles. The average Bonchev–Trinajstić information content (AvgIpc) is 3.43. The molecule has 1 saturated carbocycles. The Bertz CT molecular complexity index is 760. The number of amides is 1. The number of hydrogen-bond acceptors (Lipinski definition) is 8. The Balaban J connectivity index is 1.73. The van der Waals surface area contributed by atoms with Crippen LogP contribution in [0.2, 0.25) is 0 Å². The normalized spacial score (nSPS) is 14.3. The zero-order valence-electron chi connectivity index (χ0n) is 13.1. The summed E-state index contributed by atoms with van der Waals surface area (Å²) in [6.07, 6.45) is 5.52. The van der Waals surface area contributed by atoms with Gasteiger partial charge in [0.1, 0.15) is 5.82 Å². The summed E-state index contributed by atoms with van der Waals surface area (Å²) in [6.45, 7) is 0. The van der Waals surface area contributed by atoms with Crippen molar-refractivity contribution in [1.82, 2.24) is 25.4 Å². The maximum atomic E-state index is 12.1. The summed E-state index contributed by atoms with van der Waals surface area (Å²) in [5.74, 6) is 0.559. The molecule has 1 amide bonds. The van der Waals surface area contributed by atoms with E-state index in [4.69, 9.17) is 10.5 Å². The first kappa shape index (κ1) is 15.8. The highest BCUT2D eigenvalue weighted by atomic mass is 16.5. The Morgan fingerprint density at radius 3 is 2.92 bits per heavy atom. The fourth-order valence-electron chi connectivity index (χ4n) is 2.12. The number of hydrogen-bond donors (Lipinski definition) is 2. The maximum absolute atomic E-state index is 12.1. The molecular formula is C15H17N7O2. The maximum Gasteiger partial charge on any atom is 0.321 e. The van der Waals surface area contributed by atoms with Crippen LogP contribution in [0.3, 0.4) is 0 Å². The molecule has 9 nitrogen and oxygen atoms in total. The Labute approximate surface area is 138 Å². The Morgan fingerprint density at radius 2 is 2.25 bits per heavy atom. The number of carbonyl (C=O) groups is 1. The van der Waals surface area contributed by atoms with Crippen LogP contribution >= 0.6 is 0 Å². The molecule has 0 saturated heterocycles. The minimum Gasteiger partial charge on any atom is -0.467 e. The van der Waals surface area contributed by atoms with Gasteiger partial charge >= 0.3 is 6.01 Å². The van der Waals surface area contributed by atoms with Gasteiger partial charge in [-0.25, -0.2) is 5.43 Å². The monoisotopic (exact) mass is 327 g/mol. The molecule has 1 aliphatic rings. The number of nitrogens with two attached hydrogens (primary N) is 1. The van der Waals surface area contributed by atoms with Crippen molar-refractivity contribution >= 4 is 17.6 Å². The molecule has 0 radical (unpaired) electrons. The molecule has 3 N–H and O–H groups in total. The van der Waals surface area contributed by atoms with Crippen molar-refractivity contribution in [2.24, 2.45) is 11.0 Å². The van der Waals surface area contributed by atoms with Crippen LogP contribution in [0.5, 0.6) is 6.01 Å². The van der Waals surface area contributed by atoms with Gasteiger partial charge in [-0.3, -0.25) is 9.78 Å². The van der Waals surface area contributed by atoms with Crippen molar-refractivity contribution < 1.29 is 9.53 Å². The van der Waals surface area contributed by atoms with E-state index in [1.165, 1.54) is 13.3 Å². The van der Waals surface area contributed by atoms with E-state index in [1.54, 1.807) is 18.3 Å². The molecule has 0 aliphatic heterocycles. The molecule has 2 aromatic heterocycles. The molecule has 24 heavy (non-hydrogen) atoms. The Kier molecular flexibility index (Phi) is 4.59. The van der Waals surface area contributed by atoms with Gasteiger partial charge in [0.05, 0.1) is 12.7 Å². The fraction of sp³-hybridized carbons (Fsp3) is 0.333. The minimum atomic E-state index is -0.311. The molecule has 0 bridgehead atoms. The van der Waals surface area contributed by atoms with Gasteiger partial charge < -0.3 is 10.5 Å². The van der Waals surface area contributed by atoms with Crippen LogP contribution in [-0.4, -0.2) is 38.7 Å². The Hall–Kier alpha value is -3.10.